The van der Waals surface area contributed by atoms with Gasteiger partial charge in [-0.05, 0) is 42.6 Å². The Kier molecular flexibility index (Phi) is 4.48. The first-order valence-electron chi connectivity index (χ1n) is 6.82. The average Bonchev–Trinajstić information content (AvgIpc) is 2.43. The van der Waals surface area contributed by atoms with Gasteiger partial charge in [-0.15, -0.1) is 0 Å². The Labute approximate surface area is 109 Å². The lowest BCUT2D eigenvalue weighted by molar-refractivity contribution is 0.171. The zero-order valence-corrected chi connectivity index (χ0v) is 11.5. The van der Waals surface area contributed by atoms with Crippen molar-refractivity contribution in [1.82, 2.24) is 5.32 Å². The highest BCUT2D eigenvalue weighted by molar-refractivity contribution is 5.44. The van der Waals surface area contributed by atoms with Crippen LogP contribution in [0.5, 0.6) is 11.5 Å². The molecule has 0 fully saturated rings. The maximum atomic E-state index is 5.63. The van der Waals surface area contributed by atoms with E-state index in [1.54, 1.807) is 0 Å². The van der Waals surface area contributed by atoms with Gasteiger partial charge in [0.05, 0.1) is 0 Å². The van der Waals surface area contributed by atoms with E-state index in [0.717, 1.165) is 24.6 Å². The van der Waals surface area contributed by atoms with Crippen molar-refractivity contribution in [2.75, 3.05) is 26.3 Å². The molecule has 3 nitrogen and oxygen atoms in total. The summed E-state index contributed by atoms with van der Waals surface area (Å²) >= 11 is 0. The first-order valence-corrected chi connectivity index (χ1v) is 6.82. The van der Waals surface area contributed by atoms with Crippen LogP contribution in [0.15, 0.2) is 18.2 Å². The fourth-order valence-corrected chi connectivity index (χ4v) is 2.22. The number of fused-ring (bicyclic) bond motifs is 1. The highest BCUT2D eigenvalue weighted by Gasteiger charge is 2.18. The largest absolute Gasteiger partial charge is 0.486 e. The monoisotopic (exact) mass is 249 g/mol. The van der Waals surface area contributed by atoms with Crippen molar-refractivity contribution in [3.8, 4) is 11.5 Å². The van der Waals surface area contributed by atoms with Crippen molar-refractivity contribution in [3.05, 3.63) is 23.8 Å². The molecule has 3 heteroatoms. The Hall–Kier alpha value is -1.22. The van der Waals surface area contributed by atoms with Crippen LogP contribution in [0.4, 0.5) is 0 Å². The van der Waals surface area contributed by atoms with E-state index in [2.05, 4.69) is 38.2 Å². The molecule has 0 aromatic heterocycles. The van der Waals surface area contributed by atoms with Crippen LogP contribution < -0.4 is 14.8 Å². The molecule has 2 rings (SSSR count). The lowest BCUT2D eigenvalue weighted by atomic mass is 9.88. The van der Waals surface area contributed by atoms with Gasteiger partial charge < -0.3 is 14.8 Å². The average molecular weight is 249 g/mol. The highest BCUT2D eigenvalue weighted by atomic mass is 16.6. The number of hydrogen-bond donors (Lipinski definition) is 1. The predicted octanol–water partition coefficient (Wildman–Crippen LogP) is 2.81. The molecule has 1 aromatic rings. The van der Waals surface area contributed by atoms with E-state index in [4.69, 9.17) is 9.47 Å². The lowest BCUT2D eigenvalue weighted by Gasteiger charge is -2.23. The fraction of sp³-hybridized carbons (Fsp3) is 0.600. The summed E-state index contributed by atoms with van der Waals surface area (Å²) in [6.07, 6.45) is 0. The van der Waals surface area contributed by atoms with Gasteiger partial charge in [0.25, 0.3) is 0 Å². The molecule has 0 bridgehead atoms. The first kappa shape index (κ1) is 13.2. The molecule has 100 valence electrons. The van der Waals surface area contributed by atoms with Crippen molar-refractivity contribution in [2.45, 2.75) is 26.7 Å². The third kappa shape index (κ3) is 2.96. The van der Waals surface area contributed by atoms with Crippen molar-refractivity contribution in [1.29, 1.82) is 0 Å². The molecule has 1 aliphatic heterocycles. The molecule has 0 saturated carbocycles. The molecule has 18 heavy (non-hydrogen) atoms. The second kappa shape index (κ2) is 6.10. The van der Waals surface area contributed by atoms with Crippen LogP contribution in [0.1, 0.15) is 32.3 Å². The Balaban J connectivity index is 2.08. The maximum absolute atomic E-state index is 5.63. The Morgan fingerprint density at radius 3 is 2.61 bits per heavy atom. The molecule has 2 atom stereocenters. The van der Waals surface area contributed by atoms with Crippen LogP contribution in [0.25, 0.3) is 0 Å². The van der Waals surface area contributed by atoms with Gasteiger partial charge in [0.2, 0.25) is 0 Å². The Morgan fingerprint density at radius 2 is 1.89 bits per heavy atom. The molecule has 0 radical (unpaired) electrons. The van der Waals surface area contributed by atoms with E-state index >= 15 is 0 Å². The summed E-state index contributed by atoms with van der Waals surface area (Å²) < 4.78 is 11.2. The summed E-state index contributed by atoms with van der Waals surface area (Å²) in [5.41, 5.74) is 1.32. The minimum absolute atomic E-state index is 0.514. The van der Waals surface area contributed by atoms with Gasteiger partial charge in [-0.25, -0.2) is 0 Å². The summed E-state index contributed by atoms with van der Waals surface area (Å²) in [7, 11) is 0. The van der Waals surface area contributed by atoms with Gasteiger partial charge in [0.15, 0.2) is 11.5 Å². The zero-order valence-electron chi connectivity index (χ0n) is 11.5. The van der Waals surface area contributed by atoms with Crippen LogP contribution in [0.2, 0.25) is 0 Å². The van der Waals surface area contributed by atoms with Crippen LogP contribution in [-0.2, 0) is 0 Å². The summed E-state index contributed by atoms with van der Waals surface area (Å²) in [6, 6.07) is 6.31. The maximum Gasteiger partial charge on any atom is 0.161 e. The van der Waals surface area contributed by atoms with E-state index < -0.39 is 0 Å². The highest BCUT2D eigenvalue weighted by Crippen LogP contribution is 2.34. The molecular formula is C15H23NO2. The van der Waals surface area contributed by atoms with Crippen LogP contribution in [0, 0.1) is 5.92 Å². The number of nitrogens with one attached hydrogen (secondary N) is 1. The topological polar surface area (TPSA) is 30.5 Å². The van der Waals surface area contributed by atoms with Crippen LogP contribution in [-0.4, -0.2) is 26.3 Å². The number of benzene rings is 1. The third-order valence-electron chi connectivity index (χ3n) is 3.66. The molecule has 1 aliphatic rings. The van der Waals surface area contributed by atoms with Gasteiger partial charge in [0.1, 0.15) is 13.2 Å². The fourth-order valence-electron chi connectivity index (χ4n) is 2.22. The van der Waals surface area contributed by atoms with E-state index in [1.807, 2.05) is 6.07 Å². The molecule has 0 saturated heterocycles. The SMILES string of the molecule is CCNCC(C)C(C)c1ccc2c(c1)OCCO2. The number of ether oxygens (including phenoxy) is 2. The third-order valence-corrected chi connectivity index (χ3v) is 3.66. The zero-order chi connectivity index (χ0) is 13.0. The number of rotatable bonds is 5. The normalized spacial score (nSPS) is 17.3. The predicted molar refractivity (Wildman–Crippen MR) is 73.6 cm³/mol. The van der Waals surface area contributed by atoms with E-state index in [1.165, 1.54) is 5.56 Å². The molecule has 0 amide bonds. The van der Waals surface area contributed by atoms with Crippen molar-refractivity contribution in [2.24, 2.45) is 5.92 Å². The first-order chi connectivity index (χ1) is 8.72. The quantitative estimate of drug-likeness (QED) is 0.870. The van der Waals surface area contributed by atoms with Crippen molar-refractivity contribution in [3.63, 3.8) is 0 Å². The molecule has 1 aromatic carbocycles. The van der Waals surface area contributed by atoms with E-state index in [0.29, 0.717) is 25.0 Å². The summed E-state index contributed by atoms with van der Waals surface area (Å²) in [5.74, 6) is 2.88. The summed E-state index contributed by atoms with van der Waals surface area (Å²) in [4.78, 5) is 0. The molecule has 1 N–H and O–H groups in total. The summed E-state index contributed by atoms with van der Waals surface area (Å²) in [5, 5.41) is 3.41. The second-order valence-corrected chi connectivity index (χ2v) is 4.98. The van der Waals surface area contributed by atoms with Crippen LogP contribution in [0.3, 0.4) is 0 Å². The molecule has 0 aliphatic carbocycles. The standard InChI is InChI=1S/C15H23NO2/c1-4-16-10-11(2)12(3)13-5-6-14-15(9-13)18-8-7-17-14/h5-6,9,11-12,16H,4,7-8,10H2,1-3H3. The molecule has 2 unspecified atom stereocenters. The van der Waals surface area contributed by atoms with Gasteiger partial charge in [-0.1, -0.05) is 26.8 Å². The van der Waals surface area contributed by atoms with Crippen molar-refractivity contribution < 1.29 is 9.47 Å². The Bertz CT molecular complexity index is 392. The minimum atomic E-state index is 0.514. The lowest BCUT2D eigenvalue weighted by Crippen LogP contribution is -2.24. The smallest absolute Gasteiger partial charge is 0.161 e. The van der Waals surface area contributed by atoms with Gasteiger partial charge in [0, 0.05) is 0 Å². The van der Waals surface area contributed by atoms with Gasteiger partial charge in [-0.2, -0.15) is 0 Å². The van der Waals surface area contributed by atoms with E-state index in [9.17, 15) is 0 Å². The van der Waals surface area contributed by atoms with E-state index in [-0.39, 0.29) is 0 Å². The van der Waals surface area contributed by atoms with Crippen molar-refractivity contribution >= 4 is 0 Å². The molecule has 0 spiro atoms. The molecule has 1 heterocycles. The Morgan fingerprint density at radius 1 is 1.17 bits per heavy atom. The van der Waals surface area contributed by atoms with Gasteiger partial charge >= 0.3 is 0 Å². The number of hydrogen-bond acceptors (Lipinski definition) is 3. The molecular weight excluding hydrogens is 226 g/mol. The summed E-state index contributed by atoms with van der Waals surface area (Å²) in [6.45, 7) is 10.1. The minimum Gasteiger partial charge on any atom is -0.486 e. The second-order valence-electron chi connectivity index (χ2n) is 4.98. The van der Waals surface area contributed by atoms with Crippen LogP contribution >= 0.6 is 0 Å². The van der Waals surface area contributed by atoms with Gasteiger partial charge in [-0.3, -0.25) is 0 Å².